The highest BCUT2D eigenvalue weighted by molar-refractivity contribution is 14.1. The molecule has 1 saturated carbocycles. The van der Waals surface area contributed by atoms with Crippen LogP contribution in [0.1, 0.15) is 52.0 Å². The normalized spacial score (nSPS) is 24.7. The molecular weight excluding hydrogens is 699 g/mol. The summed E-state index contributed by atoms with van der Waals surface area (Å²) in [6.45, 7) is 6.73. The molecule has 0 bridgehead atoms. The quantitative estimate of drug-likeness (QED) is 0.239. The Labute approximate surface area is 286 Å². The predicted octanol–water partition coefficient (Wildman–Crippen LogP) is 4.76. The summed E-state index contributed by atoms with van der Waals surface area (Å²) >= 11 is 2.17. The summed E-state index contributed by atoms with van der Waals surface area (Å²) < 4.78 is 19.0. The van der Waals surface area contributed by atoms with E-state index in [1.165, 1.54) is 0 Å². The fraction of sp³-hybridized carbons (Fsp3) is 0.556. The molecule has 0 heterocycles. The Bertz CT molecular complexity index is 1330. The standard InChI is InChI=1S/C36H49IN2O7/c1-23(2)28-13-12-24(3)18-32(28)45-22-34(41)39(16-14-25-8-7-9-27(19-25)44-4)30-20-26(36(43)38-15-17-40)21-33(35(30)42)46-31-11-6-5-10-29(31)37/h5-11,19,21,23-24,28,30,32-33,35,40,42H,12-18,20,22H2,1-4H3,(H,38,43). The molecule has 2 aromatic rings. The fourth-order valence-electron chi connectivity index (χ4n) is 6.59. The van der Waals surface area contributed by atoms with E-state index in [0.29, 0.717) is 42.0 Å². The average molecular weight is 749 g/mol. The van der Waals surface area contributed by atoms with Gasteiger partial charge in [-0.15, -0.1) is 0 Å². The van der Waals surface area contributed by atoms with Crippen molar-refractivity contribution in [3.63, 3.8) is 0 Å². The molecule has 0 aliphatic heterocycles. The minimum absolute atomic E-state index is 0.0137. The van der Waals surface area contributed by atoms with Crippen LogP contribution in [0.5, 0.6) is 11.5 Å². The summed E-state index contributed by atoms with van der Waals surface area (Å²) in [5.41, 5.74) is 1.37. The lowest BCUT2D eigenvalue weighted by atomic mass is 9.75. The van der Waals surface area contributed by atoms with Gasteiger partial charge in [-0.3, -0.25) is 9.59 Å². The molecule has 2 aliphatic carbocycles. The Kier molecular flexibility index (Phi) is 13.7. The molecule has 0 aromatic heterocycles. The Morgan fingerprint density at radius 2 is 1.91 bits per heavy atom. The van der Waals surface area contributed by atoms with E-state index in [-0.39, 0.29) is 44.1 Å². The third-order valence-electron chi connectivity index (χ3n) is 9.19. The molecule has 2 amide bonds. The number of ether oxygens (including phenoxy) is 3. The van der Waals surface area contributed by atoms with Crippen LogP contribution in [0.25, 0.3) is 0 Å². The zero-order valence-corrected chi connectivity index (χ0v) is 29.5. The number of halogens is 1. The van der Waals surface area contributed by atoms with Crippen LogP contribution in [0.3, 0.4) is 0 Å². The predicted molar refractivity (Wildman–Crippen MR) is 186 cm³/mol. The summed E-state index contributed by atoms with van der Waals surface area (Å²) in [6.07, 6.45) is 3.41. The number of hydrogen-bond acceptors (Lipinski definition) is 7. The van der Waals surface area contributed by atoms with Crippen LogP contribution >= 0.6 is 22.6 Å². The van der Waals surface area contributed by atoms with Gasteiger partial charge in [0.1, 0.15) is 30.3 Å². The van der Waals surface area contributed by atoms with Gasteiger partial charge in [-0.05, 0) is 95.5 Å². The third-order valence-corrected chi connectivity index (χ3v) is 10.1. The Morgan fingerprint density at radius 3 is 2.63 bits per heavy atom. The third kappa shape index (κ3) is 9.68. The number of benzene rings is 2. The molecule has 6 atom stereocenters. The first kappa shape index (κ1) is 36.2. The molecule has 2 aromatic carbocycles. The van der Waals surface area contributed by atoms with E-state index >= 15 is 0 Å². The number of nitrogens with one attached hydrogen (secondary N) is 1. The van der Waals surface area contributed by atoms with Gasteiger partial charge >= 0.3 is 0 Å². The number of carbonyl (C=O) groups excluding carboxylic acids is 2. The number of nitrogens with zero attached hydrogens (tertiary/aromatic N) is 1. The van der Waals surface area contributed by atoms with Crippen LogP contribution < -0.4 is 14.8 Å². The van der Waals surface area contributed by atoms with E-state index in [2.05, 4.69) is 48.7 Å². The SMILES string of the molecule is COc1cccc(CCN(C(=O)COC2CC(C)CCC2C(C)C)C2CC(C(=O)NCCO)=CC(Oc3ccccc3I)C2O)c1. The van der Waals surface area contributed by atoms with Gasteiger partial charge < -0.3 is 34.6 Å². The van der Waals surface area contributed by atoms with Gasteiger partial charge in [-0.1, -0.05) is 51.5 Å². The number of hydrogen-bond donors (Lipinski definition) is 3. The molecule has 252 valence electrons. The number of rotatable bonds is 14. The first-order valence-electron chi connectivity index (χ1n) is 16.3. The second-order valence-electron chi connectivity index (χ2n) is 12.8. The van der Waals surface area contributed by atoms with Crippen molar-refractivity contribution in [3.05, 3.63) is 69.3 Å². The first-order valence-corrected chi connectivity index (χ1v) is 17.4. The maximum absolute atomic E-state index is 14.2. The van der Waals surface area contributed by atoms with E-state index in [9.17, 15) is 19.8 Å². The molecule has 46 heavy (non-hydrogen) atoms. The van der Waals surface area contributed by atoms with Crippen molar-refractivity contribution in [2.45, 2.75) is 77.2 Å². The molecule has 2 aliphatic rings. The molecule has 4 rings (SSSR count). The number of aliphatic hydroxyl groups is 2. The van der Waals surface area contributed by atoms with E-state index in [1.54, 1.807) is 18.1 Å². The molecule has 1 fully saturated rings. The number of amides is 2. The first-order chi connectivity index (χ1) is 22.1. The second kappa shape index (κ2) is 17.5. The molecule has 9 nitrogen and oxygen atoms in total. The molecular formula is C36H49IN2O7. The maximum Gasteiger partial charge on any atom is 0.248 e. The highest BCUT2D eigenvalue weighted by Crippen LogP contribution is 2.36. The van der Waals surface area contributed by atoms with E-state index in [4.69, 9.17) is 14.2 Å². The topological polar surface area (TPSA) is 118 Å². The molecule has 3 N–H and O–H groups in total. The fourth-order valence-corrected chi connectivity index (χ4v) is 7.10. The monoisotopic (exact) mass is 748 g/mol. The highest BCUT2D eigenvalue weighted by Gasteiger charge is 2.41. The van der Waals surface area contributed by atoms with Crippen LogP contribution in [0, 0.1) is 21.3 Å². The van der Waals surface area contributed by atoms with Crippen LogP contribution in [0.2, 0.25) is 0 Å². The Balaban J connectivity index is 1.63. The lowest BCUT2D eigenvalue weighted by Gasteiger charge is -2.41. The molecule has 10 heteroatoms. The van der Waals surface area contributed by atoms with E-state index in [1.807, 2.05) is 48.5 Å². The van der Waals surface area contributed by atoms with Crippen LogP contribution in [0.4, 0.5) is 0 Å². The highest BCUT2D eigenvalue weighted by atomic mass is 127. The summed E-state index contributed by atoms with van der Waals surface area (Å²) in [5.74, 6) is 2.05. The zero-order chi connectivity index (χ0) is 33.2. The van der Waals surface area contributed by atoms with Gasteiger partial charge in [0.05, 0.1) is 29.4 Å². The summed E-state index contributed by atoms with van der Waals surface area (Å²) in [7, 11) is 1.62. The van der Waals surface area contributed by atoms with E-state index in [0.717, 1.165) is 34.1 Å². The van der Waals surface area contributed by atoms with Gasteiger partial charge in [-0.25, -0.2) is 0 Å². The number of methoxy groups -OCH3 is 1. The Morgan fingerprint density at radius 1 is 1.13 bits per heavy atom. The number of para-hydroxylation sites is 1. The summed E-state index contributed by atoms with van der Waals surface area (Å²) in [5, 5.41) is 23.9. The lowest BCUT2D eigenvalue weighted by molar-refractivity contribution is -0.148. The van der Waals surface area contributed by atoms with Crippen LogP contribution in [-0.2, 0) is 20.7 Å². The van der Waals surface area contributed by atoms with Crippen molar-refractivity contribution in [2.24, 2.45) is 17.8 Å². The van der Waals surface area contributed by atoms with Gasteiger partial charge in [0, 0.05) is 25.1 Å². The zero-order valence-electron chi connectivity index (χ0n) is 27.4. The van der Waals surface area contributed by atoms with Gasteiger partial charge in [0.2, 0.25) is 11.8 Å². The van der Waals surface area contributed by atoms with Gasteiger partial charge in [0.25, 0.3) is 0 Å². The molecule has 0 saturated heterocycles. The maximum atomic E-state index is 14.2. The average Bonchev–Trinajstić information content (AvgIpc) is 3.05. The molecule has 0 radical (unpaired) electrons. The van der Waals surface area contributed by atoms with Crippen molar-refractivity contribution >= 4 is 34.4 Å². The number of aliphatic hydroxyl groups excluding tert-OH is 2. The second-order valence-corrected chi connectivity index (χ2v) is 14.0. The van der Waals surface area contributed by atoms with Crippen molar-refractivity contribution in [1.82, 2.24) is 10.2 Å². The van der Waals surface area contributed by atoms with Crippen molar-refractivity contribution in [2.75, 3.05) is 33.4 Å². The van der Waals surface area contributed by atoms with Crippen LogP contribution in [-0.4, -0.2) is 84.7 Å². The van der Waals surface area contributed by atoms with Gasteiger partial charge in [0.15, 0.2) is 0 Å². The van der Waals surface area contributed by atoms with Crippen LogP contribution in [0.15, 0.2) is 60.2 Å². The number of carbonyl (C=O) groups is 2. The van der Waals surface area contributed by atoms with E-state index < -0.39 is 18.2 Å². The van der Waals surface area contributed by atoms with Crippen molar-refractivity contribution in [3.8, 4) is 11.5 Å². The lowest BCUT2D eigenvalue weighted by Crippen LogP contribution is -2.56. The molecule has 0 spiro atoms. The Hall–Kier alpha value is -2.67. The summed E-state index contributed by atoms with van der Waals surface area (Å²) in [4.78, 5) is 29.0. The minimum Gasteiger partial charge on any atom is -0.497 e. The summed E-state index contributed by atoms with van der Waals surface area (Å²) in [6, 6.07) is 14.4. The minimum atomic E-state index is -1.11. The van der Waals surface area contributed by atoms with Crippen molar-refractivity contribution in [1.29, 1.82) is 0 Å². The largest absolute Gasteiger partial charge is 0.497 e. The smallest absolute Gasteiger partial charge is 0.248 e. The van der Waals surface area contributed by atoms with Gasteiger partial charge in [-0.2, -0.15) is 0 Å². The molecule has 6 unspecified atom stereocenters. The van der Waals surface area contributed by atoms with Crippen molar-refractivity contribution < 1.29 is 34.0 Å².